The van der Waals surface area contributed by atoms with Gasteiger partial charge in [-0.1, -0.05) is 54.6 Å². The Morgan fingerprint density at radius 2 is 1.60 bits per heavy atom. The van der Waals surface area contributed by atoms with Crippen LogP contribution in [0.5, 0.6) is 0 Å². The third-order valence-electron chi connectivity index (χ3n) is 10.7. The number of carbonyl (C=O) groups is 5. The first-order valence-corrected chi connectivity index (χ1v) is 16.4. The van der Waals surface area contributed by atoms with E-state index in [1.54, 1.807) is 31.2 Å². The monoisotopic (exact) mass is 658 g/mol. The topological polar surface area (TPSA) is 195 Å². The fraction of sp³-hybridized carbons (Fsp3) is 0.486. The molecule has 1 saturated heterocycles. The third-order valence-corrected chi connectivity index (χ3v) is 10.7. The van der Waals surface area contributed by atoms with Crippen molar-refractivity contribution in [1.29, 1.82) is 5.41 Å². The van der Waals surface area contributed by atoms with E-state index in [1.807, 2.05) is 30.3 Å². The van der Waals surface area contributed by atoms with Gasteiger partial charge < -0.3 is 31.1 Å². The van der Waals surface area contributed by atoms with E-state index in [-0.39, 0.29) is 24.4 Å². The van der Waals surface area contributed by atoms with Crippen molar-refractivity contribution in [1.82, 2.24) is 20.4 Å². The summed E-state index contributed by atoms with van der Waals surface area (Å²) in [5.74, 6) is -0.909. The number of ether oxygens (including phenoxy) is 1. The maximum absolute atomic E-state index is 13.9. The molecule has 7 rings (SSSR count). The van der Waals surface area contributed by atoms with E-state index < -0.39 is 54.6 Å². The Morgan fingerprint density at radius 3 is 2.17 bits per heavy atom. The molecule has 254 valence electrons. The molecule has 0 spiro atoms. The molecule has 48 heavy (non-hydrogen) atoms. The minimum absolute atomic E-state index is 0.0355. The zero-order valence-electron chi connectivity index (χ0n) is 26.9. The van der Waals surface area contributed by atoms with E-state index in [4.69, 9.17) is 15.9 Å². The Kier molecular flexibility index (Phi) is 8.88. The van der Waals surface area contributed by atoms with Crippen LogP contribution < -0.4 is 16.4 Å². The van der Waals surface area contributed by atoms with E-state index >= 15 is 0 Å². The van der Waals surface area contributed by atoms with Crippen LogP contribution in [0.25, 0.3) is 0 Å². The van der Waals surface area contributed by atoms with E-state index in [0.717, 1.165) is 29.7 Å². The average Bonchev–Trinajstić information content (AvgIpc) is 3.22. The number of amidine groups is 1. The number of rotatable bonds is 12. The van der Waals surface area contributed by atoms with Crippen molar-refractivity contribution < 1.29 is 33.8 Å². The van der Waals surface area contributed by atoms with Crippen LogP contribution in [0.15, 0.2) is 54.6 Å². The maximum Gasteiger partial charge on any atom is 0.407 e. The molecule has 5 fully saturated rings. The number of nitrogens with zero attached hydrogens (tertiary/aromatic N) is 2. The van der Waals surface area contributed by atoms with Crippen LogP contribution in [0, 0.1) is 28.6 Å². The van der Waals surface area contributed by atoms with Gasteiger partial charge in [-0.3, -0.25) is 19.9 Å². The highest BCUT2D eigenvalue weighted by molar-refractivity contribution is 6.09. The van der Waals surface area contributed by atoms with Gasteiger partial charge in [-0.15, -0.1) is 0 Å². The number of nitrogen functional groups attached to an aromatic ring is 1. The number of alkyl carbamates (subject to hydrolysis) is 1. The number of nitrogens with one attached hydrogen (secondary N) is 3. The van der Waals surface area contributed by atoms with Gasteiger partial charge in [0.25, 0.3) is 5.91 Å². The fourth-order valence-electron chi connectivity index (χ4n) is 8.67. The average molecular weight is 659 g/mol. The number of nitrogens with two attached hydrogens (primary N) is 1. The molecular formula is C35H42N6O7. The number of imide groups is 1. The molecule has 1 aliphatic heterocycles. The van der Waals surface area contributed by atoms with Gasteiger partial charge in [0.15, 0.2) is 0 Å². The van der Waals surface area contributed by atoms with E-state index in [1.165, 1.54) is 24.2 Å². The normalized spacial score (nSPS) is 27.9. The Morgan fingerprint density at radius 1 is 1.00 bits per heavy atom. The standard InChI is InChI=1S/C35H42N6O7/c1-34(26-9-7-25(8-10-26)29(36)37)31(45)40(33(47)41(34)18-21-5-3-2-4-6-21)19-28(42)38-17-27(30(43)44)39-32(46)48-20-35-14-22-11-23(15-35)13-24(12-22)16-35/h2-10,22-24,27H,11-20H2,1H3,(H3,36,37)(H,38,42)(H,39,46)(H,43,44)/t22?,23?,24?,27-,34?,35?/m0/s1. The van der Waals surface area contributed by atoms with Gasteiger partial charge in [-0.2, -0.15) is 0 Å². The van der Waals surface area contributed by atoms with Crippen molar-refractivity contribution in [2.45, 2.75) is 63.6 Å². The van der Waals surface area contributed by atoms with E-state index in [2.05, 4.69) is 10.6 Å². The van der Waals surface area contributed by atoms with Crippen molar-refractivity contribution in [2.24, 2.45) is 28.9 Å². The number of carbonyl (C=O) groups excluding carboxylic acids is 4. The number of carboxylic acids is 1. The smallest absolute Gasteiger partial charge is 0.407 e. The van der Waals surface area contributed by atoms with Crippen LogP contribution in [0.2, 0.25) is 0 Å². The summed E-state index contributed by atoms with van der Waals surface area (Å²) >= 11 is 0. The molecule has 4 aliphatic carbocycles. The van der Waals surface area contributed by atoms with Crippen molar-refractivity contribution >= 4 is 35.7 Å². The molecule has 5 aliphatic rings. The van der Waals surface area contributed by atoms with Crippen LogP contribution in [0.1, 0.15) is 62.1 Å². The summed E-state index contributed by atoms with van der Waals surface area (Å²) in [6.07, 6.45) is 5.98. The molecule has 1 unspecified atom stereocenters. The number of hydrogen-bond donors (Lipinski definition) is 5. The summed E-state index contributed by atoms with van der Waals surface area (Å²) < 4.78 is 5.55. The molecule has 2 atom stereocenters. The van der Waals surface area contributed by atoms with E-state index in [0.29, 0.717) is 28.9 Å². The third kappa shape index (κ3) is 6.45. The number of amides is 5. The van der Waals surface area contributed by atoms with Crippen molar-refractivity contribution in [3.8, 4) is 0 Å². The molecule has 13 heteroatoms. The highest BCUT2D eigenvalue weighted by atomic mass is 16.5. The van der Waals surface area contributed by atoms with Gasteiger partial charge in [0.2, 0.25) is 5.91 Å². The minimum Gasteiger partial charge on any atom is -0.480 e. The van der Waals surface area contributed by atoms with Crippen LogP contribution in [0.3, 0.4) is 0 Å². The largest absolute Gasteiger partial charge is 0.480 e. The van der Waals surface area contributed by atoms with Crippen LogP contribution in [-0.4, -0.2) is 76.4 Å². The quantitative estimate of drug-likeness (QED) is 0.130. The molecule has 0 aromatic heterocycles. The predicted molar refractivity (Wildman–Crippen MR) is 173 cm³/mol. The zero-order chi connectivity index (χ0) is 34.2. The number of hydrogen-bond acceptors (Lipinski definition) is 7. The maximum atomic E-state index is 13.9. The van der Waals surface area contributed by atoms with E-state index in [9.17, 15) is 29.1 Å². The Bertz CT molecular complexity index is 1580. The lowest BCUT2D eigenvalue weighted by Crippen LogP contribution is -2.52. The second-order valence-electron chi connectivity index (χ2n) is 14.1. The first-order valence-electron chi connectivity index (χ1n) is 16.4. The SMILES string of the molecule is CC1(c2ccc(C(=N)N)cc2)C(=O)N(CC(=O)NC[C@H](NC(=O)OCC23CC4CC(CC(C4)C2)C3)C(=O)O)C(=O)N1Cc1ccccc1. The molecule has 2 aromatic rings. The van der Waals surface area contributed by atoms with Crippen LogP contribution in [0.4, 0.5) is 9.59 Å². The summed E-state index contributed by atoms with van der Waals surface area (Å²) in [4.78, 5) is 67.6. The Balaban J connectivity index is 1.09. The first-order chi connectivity index (χ1) is 22.9. The molecule has 4 saturated carbocycles. The van der Waals surface area contributed by atoms with Crippen LogP contribution >= 0.6 is 0 Å². The molecule has 5 amide bonds. The summed E-state index contributed by atoms with van der Waals surface area (Å²) in [7, 11) is 0. The molecule has 6 N–H and O–H groups in total. The number of carboxylic acid groups (broad SMARTS) is 1. The number of benzene rings is 2. The Hall–Kier alpha value is -4.94. The summed E-state index contributed by atoms with van der Waals surface area (Å²) in [6.45, 7) is 0.776. The molecule has 0 radical (unpaired) electrons. The first kappa shape index (κ1) is 33.0. The molecule has 13 nitrogen and oxygen atoms in total. The lowest BCUT2D eigenvalue weighted by molar-refractivity contribution is -0.140. The van der Waals surface area contributed by atoms with Gasteiger partial charge in [0, 0.05) is 24.1 Å². The predicted octanol–water partition coefficient (Wildman–Crippen LogP) is 3.16. The van der Waals surface area contributed by atoms with Crippen LogP contribution in [-0.2, 0) is 31.2 Å². The summed E-state index contributed by atoms with van der Waals surface area (Å²) in [6, 6.07) is 13.3. The molecular weight excluding hydrogens is 616 g/mol. The van der Waals surface area contributed by atoms with Crippen molar-refractivity contribution in [3.05, 3.63) is 71.3 Å². The molecule has 4 bridgehead atoms. The second kappa shape index (κ2) is 12.9. The van der Waals surface area contributed by atoms with Crippen molar-refractivity contribution in [2.75, 3.05) is 19.7 Å². The Labute approximate surface area is 278 Å². The lowest BCUT2D eigenvalue weighted by Gasteiger charge is -2.56. The van der Waals surface area contributed by atoms with Gasteiger partial charge in [-0.25, -0.2) is 14.4 Å². The summed E-state index contributed by atoms with van der Waals surface area (Å²) in [5, 5.41) is 22.2. The van der Waals surface area contributed by atoms with Crippen molar-refractivity contribution in [3.63, 3.8) is 0 Å². The number of aliphatic carboxylic acids is 1. The highest BCUT2D eigenvalue weighted by Gasteiger charge is 2.56. The zero-order valence-corrected chi connectivity index (χ0v) is 26.9. The van der Waals surface area contributed by atoms with Gasteiger partial charge in [0.05, 0.1) is 6.61 Å². The lowest BCUT2D eigenvalue weighted by atomic mass is 9.50. The van der Waals surface area contributed by atoms with Gasteiger partial charge in [-0.05, 0) is 74.3 Å². The van der Waals surface area contributed by atoms with Gasteiger partial charge in [0.1, 0.15) is 24.0 Å². The number of urea groups is 1. The fourth-order valence-corrected chi connectivity index (χ4v) is 8.67. The summed E-state index contributed by atoms with van der Waals surface area (Å²) in [5.41, 5.74) is 5.75. The molecule has 2 aromatic carbocycles. The molecule has 1 heterocycles. The second-order valence-corrected chi connectivity index (χ2v) is 14.1. The highest BCUT2D eigenvalue weighted by Crippen LogP contribution is 2.60. The van der Waals surface area contributed by atoms with Gasteiger partial charge >= 0.3 is 18.1 Å². The minimum atomic E-state index is -1.49.